The Balaban J connectivity index is 1.51. The molecule has 9 nitrogen and oxygen atoms in total. The van der Waals surface area contributed by atoms with Crippen molar-refractivity contribution in [1.29, 1.82) is 0 Å². The number of amidine groups is 1. The molecule has 0 bridgehead atoms. The summed E-state index contributed by atoms with van der Waals surface area (Å²) in [5.74, 6) is -1.96. The number of amides is 2. The lowest BCUT2D eigenvalue weighted by Gasteiger charge is -2.47. The van der Waals surface area contributed by atoms with Gasteiger partial charge in [0.1, 0.15) is 23.0 Å². The Bertz CT molecular complexity index is 1570. The molecule has 2 aliphatic heterocycles. The molecule has 0 saturated heterocycles. The van der Waals surface area contributed by atoms with Crippen LogP contribution < -0.4 is 21.8 Å². The monoisotopic (exact) mass is 624 g/mol. The molecular weight excluding hydrogens is 576 g/mol. The molecule has 1 spiro atoms. The number of hydrazine groups is 2. The Morgan fingerprint density at radius 3 is 2.36 bits per heavy atom. The van der Waals surface area contributed by atoms with Crippen LogP contribution in [0.3, 0.4) is 0 Å². The van der Waals surface area contributed by atoms with Gasteiger partial charge in [0.2, 0.25) is 0 Å². The van der Waals surface area contributed by atoms with Crippen LogP contribution in [-0.2, 0) is 4.79 Å². The molecule has 2 heterocycles. The number of hydrogen-bond acceptors (Lipinski definition) is 7. The molecule has 45 heavy (non-hydrogen) atoms. The highest BCUT2D eigenvalue weighted by Crippen LogP contribution is 2.50. The highest BCUT2D eigenvalue weighted by Gasteiger charge is 2.52. The molecule has 1 atom stereocenters. The van der Waals surface area contributed by atoms with E-state index in [4.69, 9.17) is 9.10 Å². The second kappa shape index (κ2) is 12.5. The van der Waals surface area contributed by atoms with E-state index in [0.29, 0.717) is 43.5 Å². The van der Waals surface area contributed by atoms with E-state index in [1.807, 2.05) is 12.1 Å². The fourth-order valence-electron chi connectivity index (χ4n) is 6.52. The Morgan fingerprint density at radius 2 is 1.78 bits per heavy atom. The van der Waals surface area contributed by atoms with Gasteiger partial charge in [-0.25, -0.2) is 14.3 Å². The molecule has 1 aliphatic carbocycles. The minimum absolute atomic E-state index is 0.00824. The van der Waals surface area contributed by atoms with E-state index in [0.717, 1.165) is 30.2 Å². The van der Waals surface area contributed by atoms with E-state index in [1.165, 1.54) is 0 Å². The fourth-order valence-corrected chi connectivity index (χ4v) is 6.52. The van der Waals surface area contributed by atoms with Gasteiger partial charge in [-0.05, 0) is 85.1 Å². The van der Waals surface area contributed by atoms with Gasteiger partial charge in [0.25, 0.3) is 11.8 Å². The summed E-state index contributed by atoms with van der Waals surface area (Å²) in [5, 5.41) is 6.76. The highest BCUT2D eigenvalue weighted by molar-refractivity contribution is 6.46. The average Bonchev–Trinajstić information content (AvgIpc) is 3.62. The summed E-state index contributed by atoms with van der Waals surface area (Å²) < 4.78 is 53.4. The molecule has 242 valence electrons. The molecule has 2 aromatic carbocycles. The molecule has 11 heteroatoms. The summed E-state index contributed by atoms with van der Waals surface area (Å²) in [5.41, 5.74) is 7.14. The normalized spacial score (nSPS) is 23.8. The number of nitrogens with zero attached hydrogens (tertiary/aromatic N) is 3. The fraction of sp³-hybridized carbons (Fsp3) is 0.529. The predicted molar refractivity (Wildman–Crippen MR) is 171 cm³/mol. The van der Waals surface area contributed by atoms with Gasteiger partial charge >= 0.3 is 0 Å². The van der Waals surface area contributed by atoms with E-state index in [-0.39, 0.29) is 35.1 Å². The van der Waals surface area contributed by atoms with Crippen molar-refractivity contribution in [1.82, 2.24) is 26.7 Å². The molecule has 2 aromatic rings. The van der Waals surface area contributed by atoms with Crippen LogP contribution in [0.2, 0.25) is 0 Å². The number of carbonyl (C=O) groups is 2. The molecule has 1 fully saturated rings. The number of carbonyl (C=O) groups excluding carboxylic acids is 2. The quantitative estimate of drug-likeness (QED) is 0.299. The minimum Gasteiger partial charge on any atom is -0.345 e. The third kappa shape index (κ3) is 7.35. The van der Waals surface area contributed by atoms with Gasteiger partial charge in [0, 0.05) is 21.3 Å². The zero-order valence-corrected chi connectivity index (χ0v) is 26.6. The van der Waals surface area contributed by atoms with Crippen molar-refractivity contribution in [3.8, 4) is 0 Å². The molecule has 5 rings (SSSR count). The maximum Gasteiger partial charge on any atom is 0.275 e. The van der Waals surface area contributed by atoms with E-state index in [1.54, 1.807) is 30.9 Å². The van der Waals surface area contributed by atoms with Crippen LogP contribution in [0.5, 0.6) is 0 Å². The van der Waals surface area contributed by atoms with E-state index < -0.39 is 41.5 Å². The first kappa shape index (κ1) is 28.6. The number of nitrogens with one attached hydrogen (secondary N) is 4. The number of benzene rings is 2. The number of hydrazone groups is 1. The van der Waals surface area contributed by atoms with Crippen LogP contribution >= 0.6 is 0 Å². The van der Waals surface area contributed by atoms with Crippen LogP contribution in [0.4, 0.5) is 8.78 Å². The summed E-state index contributed by atoms with van der Waals surface area (Å²) in [6, 6.07) is 9.61. The van der Waals surface area contributed by atoms with Crippen LogP contribution in [-0.4, -0.2) is 40.5 Å². The van der Waals surface area contributed by atoms with Gasteiger partial charge in [0.15, 0.2) is 5.84 Å². The molecule has 3 aliphatic rings. The first-order valence-electron chi connectivity index (χ1n) is 17.0. The van der Waals surface area contributed by atoms with E-state index >= 15 is 0 Å². The SMILES string of the molecule is [2H]C([2H])([2H])C(C)(C)C1CCC2(CC1)N=C(c1cc(F)cc(F)c1)C(=O)N2[C@H](CCC(C)(C)C)c1ccc(C(=O)NCC2=NNNN2)cc1. The van der Waals surface area contributed by atoms with Gasteiger partial charge in [0.05, 0.1) is 12.6 Å². The standard InChI is InChI=1S/C34H45F2N7O2/c1-32(2,3)14-13-27(21-7-9-22(10-8-21)30(44)37-20-28-39-41-42-40-28)43-31(45)29(23-17-25(35)19-26(36)18-23)38-34(43)15-11-24(12-16-34)33(4,5)6/h7-10,17-19,24,27,41-42H,11-16,20H2,1-6H3,(H,37,44)(H,39,40)/t24?,27-,34?/m1/s1/i4D3. The number of rotatable bonds is 8. The molecule has 4 N–H and O–H groups in total. The Kier molecular flexibility index (Phi) is 7.94. The Hall–Kier alpha value is -3.86. The smallest absolute Gasteiger partial charge is 0.275 e. The summed E-state index contributed by atoms with van der Waals surface area (Å²) >= 11 is 0. The van der Waals surface area contributed by atoms with Crippen LogP contribution in [0, 0.1) is 28.4 Å². The number of halogens is 2. The van der Waals surface area contributed by atoms with Crippen LogP contribution in [0.15, 0.2) is 52.6 Å². The second-order valence-corrected chi connectivity index (χ2v) is 14.1. The third-order valence-corrected chi connectivity index (χ3v) is 9.04. The van der Waals surface area contributed by atoms with Gasteiger partial charge in [-0.2, -0.15) is 0 Å². The average molecular weight is 625 g/mol. The molecule has 0 aromatic heterocycles. The summed E-state index contributed by atoms with van der Waals surface area (Å²) in [6.45, 7) is 7.89. The number of hydrogen-bond donors (Lipinski definition) is 4. The maximum absolute atomic E-state index is 14.5. The van der Waals surface area contributed by atoms with Crippen molar-refractivity contribution in [3.63, 3.8) is 0 Å². The summed E-state index contributed by atoms with van der Waals surface area (Å²) in [6.07, 6.45) is 3.14. The Morgan fingerprint density at radius 1 is 1.11 bits per heavy atom. The van der Waals surface area contributed by atoms with Crippen LogP contribution in [0.25, 0.3) is 0 Å². The van der Waals surface area contributed by atoms with Crippen molar-refractivity contribution >= 4 is 23.4 Å². The zero-order chi connectivity index (χ0) is 35.1. The first-order valence-corrected chi connectivity index (χ1v) is 15.5. The van der Waals surface area contributed by atoms with Crippen molar-refractivity contribution in [2.45, 2.75) is 91.7 Å². The second-order valence-electron chi connectivity index (χ2n) is 14.1. The van der Waals surface area contributed by atoms with Crippen molar-refractivity contribution in [2.24, 2.45) is 26.8 Å². The van der Waals surface area contributed by atoms with Crippen LogP contribution in [0.1, 0.15) is 112 Å². The highest BCUT2D eigenvalue weighted by atomic mass is 19.1. The Labute approximate surface area is 268 Å². The van der Waals surface area contributed by atoms with E-state index in [2.05, 4.69) is 47.7 Å². The lowest BCUT2D eigenvalue weighted by atomic mass is 9.69. The number of aliphatic imine (C=N–C) groups is 1. The molecule has 1 saturated carbocycles. The first-order chi connectivity index (χ1) is 22.4. The summed E-state index contributed by atoms with van der Waals surface area (Å²) in [7, 11) is 0. The van der Waals surface area contributed by atoms with Gasteiger partial charge in [-0.15, -0.1) is 10.6 Å². The maximum atomic E-state index is 14.5. The van der Waals surface area contributed by atoms with Gasteiger partial charge in [-0.1, -0.05) is 53.6 Å². The van der Waals surface area contributed by atoms with Crippen molar-refractivity contribution in [3.05, 3.63) is 70.8 Å². The van der Waals surface area contributed by atoms with Gasteiger partial charge in [-0.3, -0.25) is 20.0 Å². The third-order valence-electron chi connectivity index (χ3n) is 9.04. The topological polar surface area (TPSA) is 110 Å². The summed E-state index contributed by atoms with van der Waals surface area (Å²) in [4.78, 5) is 34.2. The largest absolute Gasteiger partial charge is 0.345 e. The molecule has 0 unspecified atom stereocenters. The van der Waals surface area contributed by atoms with E-state index in [9.17, 15) is 18.4 Å². The lowest BCUT2D eigenvalue weighted by molar-refractivity contribution is -0.134. The lowest BCUT2D eigenvalue weighted by Crippen LogP contribution is -2.51. The molecular formula is C34H45F2N7O2. The predicted octanol–water partition coefficient (Wildman–Crippen LogP) is 5.75. The van der Waals surface area contributed by atoms with Crippen molar-refractivity contribution in [2.75, 3.05) is 6.54 Å². The molecule has 0 radical (unpaired) electrons. The van der Waals surface area contributed by atoms with Gasteiger partial charge < -0.3 is 10.2 Å². The molecule has 2 amide bonds. The zero-order valence-electron chi connectivity index (χ0n) is 29.6. The van der Waals surface area contributed by atoms with Crippen molar-refractivity contribution < 1.29 is 22.5 Å². The minimum atomic E-state index is -2.17.